The lowest BCUT2D eigenvalue weighted by Crippen LogP contribution is -2.57. The zero-order valence-corrected chi connectivity index (χ0v) is 18.3. The number of methoxy groups -OCH3 is 1. The van der Waals surface area contributed by atoms with Gasteiger partial charge in [-0.2, -0.15) is 0 Å². The number of rotatable bonds is 6. The van der Waals surface area contributed by atoms with Gasteiger partial charge >= 0.3 is 0 Å². The van der Waals surface area contributed by atoms with E-state index in [0.717, 1.165) is 60.4 Å². The van der Waals surface area contributed by atoms with E-state index in [2.05, 4.69) is 62.9 Å². The maximum atomic E-state index is 5.68. The summed E-state index contributed by atoms with van der Waals surface area (Å²) >= 11 is 0. The number of para-hydroxylation sites is 3. The van der Waals surface area contributed by atoms with Gasteiger partial charge in [0.05, 0.1) is 31.5 Å². The summed E-state index contributed by atoms with van der Waals surface area (Å²) in [5.41, 5.74) is 3.13. The predicted octanol–water partition coefficient (Wildman–Crippen LogP) is 2.54. The molecule has 2 aromatic carbocycles. The van der Waals surface area contributed by atoms with Gasteiger partial charge in [0.25, 0.3) is 0 Å². The van der Waals surface area contributed by atoms with Gasteiger partial charge in [-0.15, -0.1) is 0 Å². The molecule has 1 unspecified atom stereocenters. The Morgan fingerprint density at radius 3 is 2.77 bits per heavy atom. The largest absolute Gasteiger partial charge is 0.496 e. The highest BCUT2D eigenvalue weighted by Gasteiger charge is 2.36. The molecule has 1 N–H and O–H groups in total. The maximum absolute atomic E-state index is 5.68. The number of nitrogens with zero attached hydrogens (tertiary/aromatic N) is 6. The first-order valence-electron chi connectivity index (χ1n) is 10.7. The monoisotopic (exact) mass is 419 g/mol. The summed E-state index contributed by atoms with van der Waals surface area (Å²) < 4.78 is 7.94. The molecule has 1 aromatic heterocycles. The summed E-state index contributed by atoms with van der Waals surface area (Å²) in [5, 5.41) is 3.66. The van der Waals surface area contributed by atoms with E-state index in [0.29, 0.717) is 6.67 Å². The molecule has 5 rings (SSSR count). The minimum Gasteiger partial charge on any atom is -0.496 e. The Kier molecular flexibility index (Phi) is 5.25. The van der Waals surface area contributed by atoms with Crippen LogP contribution in [0.4, 0.5) is 5.95 Å². The molecule has 0 saturated heterocycles. The van der Waals surface area contributed by atoms with E-state index >= 15 is 0 Å². The first-order valence-corrected chi connectivity index (χ1v) is 10.7. The zero-order chi connectivity index (χ0) is 21.4. The number of nitrogens with one attached hydrogen (secondary N) is 1. The molecule has 0 saturated carbocycles. The number of ether oxygens (including phenoxy) is 1. The van der Waals surface area contributed by atoms with Gasteiger partial charge in [0, 0.05) is 12.1 Å². The fourth-order valence-corrected chi connectivity index (χ4v) is 4.37. The number of aliphatic imine (C=N–C) groups is 1. The van der Waals surface area contributed by atoms with Crippen molar-refractivity contribution in [1.82, 2.24) is 24.7 Å². The Morgan fingerprint density at radius 1 is 1.13 bits per heavy atom. The third-order valence-electron chi connectivity index (χ3n) is 5.87. The summed E-state index contributed by atoms with van der Waals surface area (Å²) in [7, 11) is 5.94. The average molecular weight is 420 g/mol. The molecule has 8 nitrogen and oxygen atoms in total. The van der Waals surface area contributed by atoms with Gasteiger partial charge in [-0.1, -0.05) is 30.3 Å². The summed E-state index contributed by atoms with van der Waals surface area (Å²) in [4.78, 5) is 16.7. The SMILES string of the molecule is COc1ccccc1C1NC2=NCN(CCCN(C)C)CN2c2nc3ccccc3n21. The van der Waals surface area contributed by atoms with Crippen molar-refractivity contribution >= 4 is 22.9 Å². The Bertz CT molecular complexity index is 1110. The van der Waals surface area contributed by atoms with Crippen molar-refractivity contribution in [2.45, 2.75) is 12.6 Å². The number of guanidine groups is 1. The second-order valence-corrected chi connectivity index (χ2v) is 8.30. The fraction of sp³-hybridized carbons (Fsp3) is 0.391. The summed E-state index contributed by atoms with van der Waals surface area (Å²) in [6.45, 7) is 3.52. The van der Waals surface area contributed by atoms with Crippen LogP contribution < -0.4 is 15.0 Å². The molecule has 3 aromatic rings. The highest BCUT2D eigenvalue weighted by molar-refractivity contribution is 5.99. The highest BCUT2D eigenvalue weighted by atomic mass is 16.5. The number of aromatic nitrogens is 2. The van der Waals surface area contributed by atoms with Crippen LogP contribution in [-0.2, 0) is 0 Å². The van der Waals surface area contributed by atoms with E-state index in [9.17, 15) is 0 Å². The van der Waals surface area contributed by atoms with Gasteiger partial charge in [0.2, 0.25) is 11.9 Å². The lowest BCUT2D eigenvalue weighted by atomic mass is 10.1. The van der Waals surface area contributed by atoms with Crippen LogP contribution in [0, 0.1) is 0 Å². The molecule has 0 radical (unpaired) electrons. The summed E-state index contributed by atoms with van der Waals surface area (Å²) in [6.07, 6.45) is 0.966. The highest BCUT2D eigenvalue weighted by Crippen LogP contribution is 2.36. The minimum atomic E-state index is -0.145. The van der Waals surface area contributed by atoms with Crippen molar-refractivity contribution in [2.75, 3.05) is 52.5 Å². The normalized spacial score (nSPS) is 18.5. The van der Waals surface area contributed by atoms with E-state index in [4.69, 9.17) is 14.7 Å². The summed E-state index contributed by atoms with van der Waals surface area (Å²) in [5.74, 6) is 2.62. The smallest absolute Gasteiger partial charge is 0.216 e. The second kappa shape index (κ2) is 8.20. The molecular formula is C23H29N7O. The number of fused-ring (bicyclic) bond motifs is 5. The van der Waals surface area contributed by atoms with Crippen molar-refractivity contribution in [3.63, 3.8) is 0 Å². The number of hydrogen-bond donors (Lipinski definition) is 1. The third kappa shape index (κ3) is 3.62. The minimum absolute atomic E-state index is 0.145. The second-order valence-electron chi connectivity index (χ2n) is 8.30. The number of hydrogen-bond acceptors (Lipinski definition) is 7. The van der Waals surface area contributed by atoms with E-state index in [-0.39, 0.29) is 6.17 Å². The average Bonchev–Trinajstić information content (AvgIpc) is 3.18. The van der Waals surface area contributed by atoms with Gasteiger partial charge in [0.15, 0.2) is 0 Å². The number of benzene rings is 2. The quantitative estimate of drug-likeness (QED) is 0.663. The molecule has 0 bridgehead atoms. The van der Waals surface area contributed by atoms with Crippen LogP contribution in [0.1, 0.15) is 18.2 Å². The van der Waals surface area contributed by atoms with Crippen LogP contribution in [0.15, 0.2) is 53.5 Å². The van der Waals surface area contributed by atoms with Crippen LogP contribution in [0.3, 0.4) is 0 Å². The van der Waals surface area contributed by atoms with E-state index < -0.39 is 0 Å². The Balaban J connectivity index is 1.55. The zero-order valence-electron chi connectivity index (χ0n) is 18.3. The van der Waals surface area contributed by atoms with Crippen molar-refractivity contribution in [1.29, 1.82) is 0 Å². The first kappa shape index (κ1) is 19.8. The van der Waals surface area contributed by atoms with Crippen molar-refractivity contribution in [2.24, 2.45) is 4.99 Å². The van der Waals surface area contributed by atoms with Gasteiger partial charge in [-0.05, 0) is 45.3 Å². The van der Waals surface area contributed by atoms with Crippen LogP contribution in [0.2, 0.25) is 0 Å². The van der Waals surface area contributed by atoms with Gasteiger partial charge in [0.1, 0.15) is 11.9 Å². The number of imidazole rings is 1. The van der Waals surface area contributed by atoms with Gasteiger partial charge < -0.3 is 15.0 Å². The molecule has 0 amide bonds. The third-order valence-corrected chi connectivity index (χ3v) is 5.87. The molecule has 8 heteroatoms. The Labute approximate surface area is 182 Å². The lowest BCUT2D eigenvalue weighted by Gasteiger charge is -2.42. The standard InChI is InChI=1S/C23H29N7O/c1-27(2)13-8-14-28-15-24-22-26-21(17-9-4-7-12-20(17)31-3)30-19-11-6-5-10-18(19)25-23(30)29(22)16-28/h4-7,9-12,21H,8,13-16H2,1-3H3,(H,24,26). The fourth-order valence-electron chi connectivity index (χ4n) is 4.37. The molecule has 2 aliphatic heterocycles. The molecule has 162 valence electrons. The molecular weight excluding hydrogens is 390 g/mol. The predicted molar refractivity (Wildman–Crippen MR) is 124 cm³/mol. The van der Waals surface area contributed by atoms with Gasteiger partial charge in [-0.25, -0.2) is 9.98 Å². The molecule has 1 atom stereocenters. The molecule has 0 aliphatic carbocycles. The Morgan fingerprint density at radius 2 is 1.94 bits per heavy atom. The first-order chi connectivity index (χ1) is 15.2. The Hall–Kier alpha value is -3.10. The van der Waals surface area contributed by atoms with Crippen molar-refractivity contribution < 1.29 is 4.74 Å². The lowest BCUT2D eigenvalue weighted by molar-refractivity contribution is 0.253. The molecule has 0 spiro atoms. The van der Waals surface area contributed by atoms with Crippen LogP contribution in [-0.4, -0.2) is 72.9 Å². The van der Waals surface area contributed by atoms with Crippen molar-refractivity contribution in [3.05, 3.63) is 54.1 Å². The van der Waals surface area contributed by atoms with Crippen LogP contribution in [0.5, 0.6) is 5.75 Å². The molecule has 3 heterocycles. The van der Waals surface area contributed by atoms with E-state index in [1.807, 2.05) is 24.3 Å². The van der Waals surface area contributed by atoms with E-state index in [1.54, 1.807) is 7.11 Å². The molecule has 2 aliphatic rings. The molecule has 0 fully saturated rings. The maximum Gasteiger partial charge on any atom is 0.216 e. The van der Waals surface area contributed by atoms with Gasteiger partial charge in [-0.3, -0.25) is 14.4 Å². The molecule has 31 heavy (non-hydrogen) atoms. The number of anilines is 1. The van der Waals surface area contributed by atoms with Crippen LogP contribution >= 0.6 is 0 Å². The summed E-state index contributed by atoms with van der Waals surface area (Å²) in [6, 6.07) is 16.4. The van der Waals surface area contributed by atoms with Crippen LogP contribution in [0.25, 0.3) is 11.0 Å². The topological polar surface area (TPSA) is 61.2 Å². The van der Waals surface area contributed by atoms with Crippen molar-refractivity contribution in [3.8, 4) is 5.75 Å². The van der Waals surface area contributed by atoms with E-state index in [1.165, 1.54) is 0 Å².